The second-order valence-corrected chi connectivity index (χ2v) is 8.52. The number of fused-ring (bicyclic) bond motifs is 4. The van der Waals surface area contributed by atoms with Crippen molar-refractivity contribution in [1.82, 2.24) is 14.9 Å². The number of aromatic nitrogens is 2. The van der Waals surface area contributed by atoms with Crippen molar-refractivity contribution in [3.05, 3.63) is 40.7 Å². The zero-order chi connectivity index (χ0) is 20.0. The number of hydrogen-bond donors (Lipinski definition) is 0. The number of anilines is 1. The lowest BCUT2D eigenvalue weighted by atomic mass is 9.97. The lowest BCUT2D eigenvalue weighted by Crippen LogP contribution is -2.38. The third kappa shape index (κ3) is 3.23. The molecule has 29 heavy (non-hydrogen) atoms. The van der Waals surface area contributed by atoms with Crippen molar-refractivity contribution in [3.8, 4) is 11.5 Å². The number of benzene rings is 1. The topological polar surface area (TPSA) is 50.7 Å². The fourth-order valence-electron chi connectivity index (χ4n) is 5.27. The molecule has 0 saturated carbocycles. The molecule has 2 aromatic rings. The van der Waals surface area contributed by atoms with Crippen LogP contribution in [0.3, 0.4) is 0 Å². The van der Waals surface area contributed by atoms with Gasteiger partial charge in [0.1, 0.15) is 0 Å². The van der Waals surface area contributed by atoms with E-state index in [9.17, 15) is 0 Å². The Hall–Kier alpha value is -2.34. The summed E-state index contributed by atoms with van der Waals surface area (Å²) in [5.74, 6) is 2.53. The van der Waals surface area contributed by atoms with E-state index in [2.05, 4.69) is 35.1 Å². The van der Waals surface area contributed by atoms with E-state index < -0.39 is 0 Å². The number of methoxy groups -OCH3 is 2. The van der Waals surface area contributed by atoms with Gasteiger partial charge in [-0.3, -0.25) is 4.90 Å². The van der Waals surface area contributed by atoms with Crippen LogP contribution in [0.15, 0.2) is 18.3 Å². The zero-order valence-electron chi connectivity index (χ0n) is 17.6. The summed E-state index contributed by atoms with van der Waals surface area (Å²) in [4.78, 5) is 14.7. The molecule has 0 amide bonds. The highest BCUT2D eigenvalue weighted by Gasteiger charge is 2.41. The summed E-state index contributed by atoms with van der Waals surface area (Å²) < 4.78 is 11.0. The minimum absolute atomic E-state index is 0.420. The molecule has 2 fully saturated rings. The summed E-state index contributed by atoms with van der Waals surface area (Å²) in [7, 11) is 3.39. The summed E-state index contributed by atoms with van der Waals surface area (Å²) in [5.41, 5.74) is 5.15. The Morgan fingerprint density at radius 3 is 2.59 bits per heavy atom. The quantitative estimate of drug-likeness (QED) is 0.771. The molecule has 0 spiro atoms. The van der Waals surface area contributed by atoms with Crippen LogP contribution in [-0.4, -0.2) is 48.2 Å². The number of hydrogen-bond acceptors (Lipinski definition) is 6. The maximum Gasteiger partial charge on any atom is 0.225 e. The molecule has 3 aliphatic rings. The van der Waals surface area contributed by atoms with Gasteiger partial charge in [-0.1, -0.05) is 0 Å². The van der Waals surface area contributed by atoms with E-state index in [0.29, 0.717) is 12.1 Å². The Kier molecular flexibility index (Phi) is 4.82. The van der Waals surface area contributed by atoms with Crippen molar-refractivity contribution in [1.29, 1.82) is 0 Å². The number of aryl methyl sites for hydroxylation is 1. The van der Waals surface area contributed by atoms with E-state index in [1.807, 2.05) is 0 Å². The van der Waals surface area contributed by atoms with Crippen molar-refractivity contribution >= 4 is 5.95 Å². The van der Waals surface area contributed by atoms with Crippen molar-refractivity contribution < 1.29 is 9.47 Å². The molecule has 154 valence electrons. The predicted octanol–water partition coefficient (Wildman–Crippen LogP) is 3.66. The molecule has 0 N–H and O–H groups in total. The fourth-order valence-corrected chi connectivity index (χ4v) is 5.27. The Morgan fingerprint density at radius 2 is 1.83 bits per heavy atom. The van der Waals surface area contributed by atoms with Gasteiger partial charge in [-0.15, -0.1) is 0 Å². The average Bonchev–Trinajstić information content (AvgIpc) is 3.36. The lowest BCUT2D eigenvalue weighted by Gasteiger charge is -2.36. The molecule has 0 aliphatic carbocycles. The first-order chi connectivity index (χ1) is 14.2. The lowest BCUT2D eigenvalue weighted by molar-refractivity contribution is 0.165. The summed E-state index contributed by atoms with van der Waals surface area (Å²) in [6.07, 6.45) is 8.06. The largest absolute Gasteiger partial charge is 0.493 e. The summed E-state index contributed by atoms with van der Waals surface area (Å²) >= 11 is 0. The van der Waals surface area contributed by atoms with E-state index in [1.54, 1.807) is 14.2 Å². The van der Waals surface area contributed by atoms with Crippen LogP contribution in [0.1, 0.15) is 54.1 Å². The van der Waals surface area contributed by atoms with Crippen molar-refractivity contribution in [2.45, 2.75) is 57.7 Å². The van der Waals surface area contributed by atoms with Crippen LogP contribution >= 0.6 is 0 Å². The molecule has 1 aromatic heterocycles. The van der Waals surface area contributed by atoms with Gasteiger partial charge in [-0.25, -0.2) is 9.97 Å². The van der Waals surface area contributed by atoms with Gasteiger partial charge < -0.3 is 14.4 Å². The summed E-state index contributed by atoms with van der Waals surface area (Å²) in [5, 5.41) is 0. The Morgan fingerprint density at radius 1 is 1.07 bits per heavy atom. The van der Waals surface area contributed by atoms with Gasteiger partial charge in [0.2, 0.25) is 5.95 Å². The van der Waals surface area contributed by atoms with Crippen LogP contribution in [0.2, 0.25) is 0 Å². The SMILES string of the molecule is COc1cc(C)c(CN2[C@@H]3CC[C@@H]2c2cnc(N4CCCC4)nc2C3)cc1OC. The minimum Gasteiger partial charge on any atom is -0.493 e. The zero-order valence-corrected chi connectivity index (χ0v) is 17.6. The first kappa shape index (κ1) is 18.7. The molecule has 1 aromatic carbocycles. The smallest absolute Gasteiger partial charge is 0.225 e. The molecule has 2 bridgehead atoms. The fraction of sp³-hybridized carbons (Fsp3) is 0.565. The number of ether oxygens (including phenoxy) is 2. The van der Waals surface area contributed by atoms with E-state index in [-0.39, 0.29) is 0 Å². The molecule has 0 radical (unpaired) electrons. The Balaban J connectivity index is 1.41. The second kappa shape index (κ2) is 7.48. The number of rotatable bonds is 5. The van der Waals surface area contributed by atoms with Crippen molar-refractivity contribution in [3.63, 3.8) is 0 Å². The summed E-state index contributed by atoms with van der Waals surface area (Å²) in [6.45, 7) is 5.27. The molecule has 3 aliphatic heterocycles. The monoisotopic (exact) mass is 394 g/mol. The standard InChI is InChI=1S/C23H30N4O2/c1-15-10-21(28-2)22(29-3)11-16(15)14-27-17-6-7-20(27)18-13-24-23(25-19(18)12-17)26-8-4-5-9-26/h10-11,13,17,20H,4-9,12,14H2,1-3H3/t17-,20-/m1/s1. The van der Waals surface area contributed by atoms with Crippen LogP contribution in [0.25, 0.3) is 0 Å². The molecule has 6 heteroatoms. The highest BCUT2D eigenvalue weighted by atomic mass is 16.5. The average molecular weight is 395 g/mol. The normalized spacial score (nSPS) is 23.3. The van der Waals surface area contributed by atoms with Gasteiger partial charge in [-0.05, 0) is 55.9 Å². The molecule has 2 saturated heterocycles. The Labute approximate surface area is 172 Å². The van der Waals surface area contributed by atoms with E-state index in [4.69, 9.17) is 19.4 Å². The van der Waals surface area contributed by atoms with Gasteiger partial charge in [0.15, 0.2) is 11.5 Å². The van der Waals surface area contributed by atoms with Crippen molar-refractivity contribution in [2.24, 2.45) is 0 Å². The minimum atomic E-state index is 0.420. The molecular weight excluding hydrogens is 364 g/mol. The van der Waals surface area contributed by atoms with E-state index in [1.165, 1.54) is 48.1 Å². The molecule has 6 nitrogen and oxygen atoms in total. The highest BCUT2D eigenvalue weighted by Crippen LogP contribution is 2.44. The maximum atomic E-state index is 5.54. The molecular formula is C23H30N4O2. The van der Waals surface area contributed by atoms with Crippen LogP contribution in [0, 0.1) is 6.92 Å². The summed E-state index contributed by atoms with van der Waals surface area (Å²) in [6, 6.07) is 5.19. The van der Waals surface area contributed by atoms with Crippen LogP contribution < -0.4 is 14.4 Å². The molecule has 5 rings (SSSR count). The highest BCUT2D eigenvalue weighted by molar-refractivity contribution is 5.47. The van der Waals surface area contributed by atoms with Crippen LogP contribution in [-0.2, 0) is 13.0 Å². The molecule has 2 atom stereocenters. The van der Waals surface area contributed by atoms with E-state index in [0.717, 1.165) is 43.5 Å². The van der Waals surface area contributed by atoms with Gasteiger partial charge >= 0.3 is 0 Å². The third-order valence-electron chi connectivity index (χ3n) is 6.90. The van der Waals surface area contributed by atoms with Crippen LogP contribution in [0.5, 0.6) is 11.5 Å². The van der Waals surface area contributed by atoms with Gasteiger partial charge in [0, 0.05) is 49.9 Å². The predicted molar refractivity (Wildman–Crippen MR) is 113 cm³/mol. The maximum absolute atomic E-state index is 5.54. The second-order valence-electron chi connectivity index (χ2n) is 8.52. The first-order valence-electron chi connectivity index (χ1n) is 10.8. The van der Waals surface area contributed by atoms with Gasteiger partial charge in [-0.2, -0.15) is 0 Å². The Bertz CT molecular complexity index is 910. The third-order valence-corrected chi connectivity index (χ3v) is 6.90. The van der Waals surface area contributed by atoms with Gasteiger partial charge in [0.05, 0.1) is 19.9 Å². The first-order valence-corrected chi connectivity index (χ1v) is 10.8. The van der Waals surface area contributed by atoms with Crippen molar-refractivity contribution in [2.75, 3.05) is 32.2 Å². The molecule has 4 heterocycles. The van der Waals surface area contributed by atoms with E-state index >= 15 is 0 Å². The number of nitrogens with zero attached hydrogens (tertiary/aromatic N) is 4. The van der Waals surface area contributed by atoms with Gasteiger partial charge in [0.25, 0.3) is 0 Å². The molecule has 0 unspecified atom stereocenters. The van der Waals surface area contributed by atoms with Crippen LogP contribution in [0.4, 0.5) is 5.95 Å².